The van der Waals surface area contributed by atoms with Crippen LogP contribution >= 0.6 is 11.6 Å². The number of sulfonamides is 1. The van der Waals surface area contributed by atoms with Crippen molar-refractivity contribution in [2.24, 2.45) is 17.8 Å². The van der Waals surface area contributed by atoms with Crippen LogP contribution in [0.15, 0.2) is 78.9 Å². The van der Waals surface area contributed by atoms with Gasteiger partial charge in [-0.25, -0.2) is 13.1 Å². The monoisotopic (exact) mass is 648 g/mol. The Morgan fingerprint density at radius 3 is 2.60 bits per heavy atom. The van der Waals surface area contributed by atoms with Gasteiger partial charge in [-0.05, 0) is 103 Å². The van der Waals surface area contributed by atoms with Gasteiger partial charge < -0.3 is 14.7 Å². The second-order valence-corrected chi connectivity index (χ2v) is 15.0. The number of benzene rings is 3. The number of halogens is 1. The number of carbonyl (C=O) groups excluding carboxylic acids is 1. The van der Waals surface area contributed by atoms with Crippen LogP contribution in [0.5, 0.6) is 5.75 Å². The van der Waals surface area contributed by atoms with E-state index in [-0.39, 0.29) is 23.3 Å². The smallest absolute Gasteiger partial charge is 0.264 e. The van der Waals surface area contributed by atoms with Crippen molar-refractivity contribution in [1.29, 1.82) is 0 Å². The molecule has 1 saturated carbocycles. The van der Waals surface area contributed by atoms with E-state index in [0.29, 0.717) is 35.9 Å². The van der Waals surface area contributed by atoms with Gasteiger partial charge in [0.25, 0.3) is 5.91 Å². The Labute approximate surface area is 271 Å². The molecule has 2 heterocycles. The molecule has 0 radical (unpaired) electrons. The molecule has 9 heteroatoms. The first-order valence-corrected chi connectivity index (χ1v) is 17.9. The summed E-state index contributed by atoms with van der Waals surface area (Å²) < 4.78 is 36.6. The number of rotatable bonds is 1. The van der Waals surface area contributed by atoms with Gasteiger partial charge in [0.1, 0.15) is 17.6 Å². The Morgan fingerprint density at radius 2 is 1.82 bits per heavy atom. The number of allylic oxidation sites excluding steroid dienone is 1. The Hall–Kier alpha value is -3.33. The minimum absolute atomic E-state index is 0.110. The molecule has 0 saturated heterocycles. The van der Waals surface area contributed by atoms with Crippen LogP contribution < -0.4 is 14.4 Å². The van der Waals surface area contributed by atoms with Crippen LogP contribution in [-0.2, 0) is 23.1 Å². The van der Waals surface area contributed by atoms with Crippen molar-refractivity contribution in [3.8, 4) is 5.75 Å². The van der Waals surface area contributed by atoms with Crippen LogP contribution in [-0.4, -0.2) is 38.6 Å². The largest absolute Gasteiger partial charge is 0.487 e. The molecular weight excluding hydrogens is 608 g/mol. The highest BCUT2D eigenvalue weighted by Gasteiger charge is 2.38. The summed E-state index contributed by atoms with van der Waals surface area (Å²) >= 11 is 6.33. The Balaban J connectivity index is 1.40. The summed E-state index contributed by atoms with van der Waals surface area (Å²) in [5.41, 5.74) is 3.86. The van der Waals surface area contributed by atoms with Gasteiger partial charge in [0.05, 0.1) is 11.8 Å². The maximum absolute atomic E-state index is 13.9. The lowest BCUT2D eigenvalue weighted by molar-refractivity contribution is 0.0461. The number of anilines is 1. The topological polar surface area (TPSA) is 95.9 Å². The van der Waals surface area contributed by atoms with E-state index in [4.69, 9.17) is 16.3 Å². The van der Waals surface area contributed by atoms with Crippen molar-refractivity contribution in [3.63, 3.8) is 0 Å². The van der Waals surface area contributed by atoms with Crippen molar-refractivity contribution in [1.82, 2.24) is 4.72 Å². The van der Waals surface area contributed by atoms with Gasteiger partial charge in [-0.3, -0.25) is 4.79 Å². The molecule has 2 unspecified atom stereocenters. The van der Waals surface area contributed by atoms with Crippen molar-refractivity contribution < 1.29 is 23.1 Å². The molecule has 1 fully saturated rings. The van der Waals surface area contributed by atoms with E-state index in [2.05, 4.69) is 9.62 Å². The van der Waals surface area contributed by atoms with Gasteiger partial charge in [-0.2, -0.15) is 0 Å². The van der Waals surface area contributed by atoms with Crippen LogP contribution in [0.3, 0.4) is 0 Å². The van der Waals surface area contributed by atoms with E-state index in [9.17, 15) is 18.3 Å². The van der Waals surface area contributed by atoms with E-state index in [1.165, 1.54) is 5.56 Å². The van der Waals surface area contributed by atoms with Gasteiger partial charge in [-0.1, -0.05) is 67.1 Å². The van der Waals surface area contributed by atoms with Crippen molar-refractivity contribution in [2.45, 2.75) is 63.4 Å². The number of aliphatic hydroxyl groups is 1. The molecule has 2 aliphatic heterocycles. The van der Waals surface area contributed by atoms with Crippen LogP contribution in [0.4, 0.5) is 5.69 Å². The Kier molecular flexibility index (Phi) is 9.54. The van der Waals surface area contributed by atoms with E-state index >= 15 is 0 Å². The van der Waals surface area contributed by atoms with Crippen LogP contribution in [0.25, 0.3) is 0 Å². The molecule has 2 bridgehead atoms. The average Bonchev–Trinajstić information content (AvgIpc) is 3.02. The molecule has 3 aromatic rings. The van der Waals surface area contributed by atoms with Gasteiger partial charge in [0.15, 0.2) is 0 Å². The first-order valence-electron chi connectivity index (χ1n) is 15.9. The first-order chi connectivity index (χ1) is 21.7. The summed E-state index contributed by atoms with van der Waals surface area (Å²) in [5, 5.41) is 11.0. The molecule has 7 nitrogen and oxygen atoms in total. The van der Waals surface area contributed by atoms with E-state index in [0.717, 1.165) is 49.9 Å². The van der Waals surface area contributed by atoms with Crippen LogP contribution in [0.2, 0.25) is 5.02 Å². The zero-order chi connectivity index (χ0) is 31.6. The normalized spacial score (nSPS) is 27.8. The van der Waals surface area contributed by atoms with Crippen molar-refractivity contribution in [3.05, 3.63) is 106 Å². The first kappa shape index (κ1) is 31.6. The predicted octanol–water partition coefficient (Wildman–Crippen LogP) is 6.85. The lowest BCUT2D eigenvalue weighted by Gasteiger charge is -2.42. The maximum atomic E-state index is 13.9. The molecule has 5 atom stereocenters. The number of ether oxygens (including phenoxy) is 1. The van der Waals surface area contributed by atoms with Gasteiger partial charge in [0, 0.05) is 23.7 Å². The molecule has 1 amide bonds. The second kappa shape index (κ2) is 13.6. The highest BCUT2D eigenvalue weighted by molar-refractivity contribution is 7.90. The number of nitrogens with zero attached hydrogens (tertiary/aromatic N) is 1. The number of fused-ring (bicyclic) bond motifs is 3. The van der Waals surface area contributed by atoms with Crippen molar-refractivity contribution >= 4 is 33.2 Å². The lowest BCUT2D eigenvalue weighted by atomic mass is 9.70. The van der Waals surface area contributed by atoms with E-state index < -0.39 is 27.3 Å². The van der Waals surface area contributed by atoms with Gasteiger partial charge >= 0.3 is 0 Å². The summed E-state index contributed by atoms with van der Waals surface area (Å²) in [5.74, 6) is 0.00272. The van der Waals surface area contributed by atoms with Gasteiger partial charge in [-0.15, -0.1) is 0 Å². The molecule has 3 aromatic carbocycles. The number of amides is 1. The maximum Gasteiger partial charge on any atom is 0.264 e. The molecule has 6 rings (SSSR count). The molecule has 238 valence electrons. The zero-order valence-corrected chi connectivity index (χ0v) is 27.1. The van der Waals surface area contributed by atoms with Crippen LogP contribution in [0, 0.1) is 17.8 Å². The Morgan fingerprint density at radius 1 is 1.00 bits per heavy atom. The molecule has 3 aliphatic rings. The summed E-state index contributed by atoms with van der Waals surface area (Å²) in [6.45, 7) is 3.66. The molecule has 0 aromatic heterocycles. The van der Waals surface area contributed by atoms with E-state index in [1.54, 1.807) is 42.5 Å². The third-order valence-corrected chi connectivity index (χ3v) is 11.8. The number of aliphatic hydroxyl groups excluding tert-OH is 1. The molecule has 2 N–H and O–H groups in total. The fourth-order valence-electron chi connectivity index (χ4n) is 7.04. The third-order valence-electron chi connectivity index (χ3n) is 9.66. The minimum Gasteiger partial charge on any atom is -0.487 e. The fourth-order valence-corrected chi connectivity index (χ4v) is 8.98. The summed E-state index contributed by atoms with van der Waals surface area (Å²) in [7, 11) is -4.12. The molecular formula is C36H41ClN2O5S. The third kappa shape index (κ3) is 7.08. The molecule has 1 aliphatic carbocycles. The number of carbonyl (C=O) groups is 1. The summed E-state index contributed by atoms with van der Waals surface area (Å²) in [6.07, 6.45) is 8.25. The predicted molar refractivity (Wildman–Crippen MR) is 178 cm³/mol. The summed E-state index contributed by atoms with van der Waals surface area (Å²) in [6, 6.07) is 20.1. The lowest BCUT2D eigenvalue weighted by Crippen LogP contribution is -2.43. The number of hydrogen-bond donors (Lipinski definition) is 2. The summed E-state index contributed by atoms with van der Waals surface area (Å²) in [4.78, 5) is 15.9. The quantitative estimate of drug-likeness (QED) is 0.281. The van der Waals surface area contributed by atoms with Gasteiger partial charge in [0.2, 0.25) is 10.0 Å². The highest BCUT2D eigenvalue weighted by atomic mass is 35.5. The standard InChI is InChI=1S/C36H41ClN2O5S/c1-24-8-7-12-33(40)31-17-14-28(31)22-39-19-6-5-11-26-20-30(37)16-13-29(26)23-44-34-18-15-27(21-32(34)39)36(41)38-45(42,43)35(24)25-9-3-2-4-10-25/h2-4,7,9-10,12-13,15-16,18,20-21,24,28,31,33,35,40H,5-6,8,11,14,17,19,22-23H2,1H3,(H,38,41)/b12-7+/t24-,28?,31?,33-,35+/m0/s1. The molecule has 45 heavy (non-hydrogen) atoms. The fraction of sp³-hybridized carbons (Fsp3) is 0.417. The van der Waals surface area contributed by atoms with Crippen molar-refractivity contribution in [2.75, 3.05) is 18.0 Å². The Bertz CT molecular complexity index is 1660. The SMILES string of the molecule is C[C@H]1C/C=C/[C@H](O)C2CCC2CN2CCCCc3cc(Cl)ccc3COc3ccc(cc32)C(=O)NS(=O)(=O)[C@H]1c1ccccc1. The highest BCUT2D eigenvalue weighted by Crippen LogP contribution is 2.41. The molecule has 0 spiro atoms. The zero-order valence-electron chi connectivity index (χ0n) is 25.6. The number of aryl methyl sites for hydroxylation is 1. The number of nitrogens with one attached hydrogen (secondary N) is 1. The van der Waals surface area contributed by atoms with Crippen LogP contribution in [0.1, 0.15) is 71.3 Å². The van der Waals surface area contributed by atoms with E-state index in [1.807, 2.05) is 43.3 Å². The number of hydrogen-bond acceptors (Lipinski definition) is 6. The minimum atomic E-state index is -4.12. The average molecular weight is 649 g/mol. The second-order valence-electron chi connectivity index (χ2n) is 12.7.